The average Bonchev–Trinajstić information content (AvgIpc) is 3.38. The SMILES string of the molecule is CC1(C)C(=O)N(CC(=O)NC[C@@H](F)CC(=O)O)c2ccc(C3CC3)c(F)c21. The number of fused-ring (bicyclic) bond motifs is 1. The Kier molecular flexibility index (Phi) is 4.92. The summed E-state index contributed by atoms with van der Waals surface area (Å²) < 4.78 is 28.5. The Hall–Kier alpha value is -2.51. The van der Waals surface area contributed by atoms with Crippen LogP contribution in [0, 0.1) is 5.82 Å². The number of hydrogen-bond acceptors (Lipinski definition) is 3. The number of amides is 2. The maximum absolute atomic E-state index is 15.0. The number of hydrogen-bond donors (Lipinski definition) is 2. The predicted molar refractivity (Wildman–Crippen MR) is 93.9 cm³/mol. The lowest BCUT2D eigenvalue weighted by Gasteiger charge is -2.20. The van der Waals surface area contributed by atoms with Crippen molar-refractivity contribution in [3.63, 3.8) is 0 Å². The molecule has 1 aliphatic carbocycles. The van der Waals surface area contributed by atoms with Gasteiger partial charge in [-0.2, -0.15) is 0 Å². The van der Waals surface area contributed by atoms with Crippen molar-refractivity contribution in [3.8, 4) is 0 Å². The van der Waals surface area contributed by atoms with Crippen LogP contribution in [0.25, 0.3) is 0 Å². The fraction of sp³-hybridized carbons (Fsp3) is 0.526. The van der Waals surface area contributed by atoms with Gasteiger partial charge in [0, 0.05) is 12.1 Å². The van der Waals surface area contributed by atoms with E-state index in [1.54, 1.807) is 26.0 Å². The van der Waals surface area contributed by atoms with Crippen LogP contribution >= 0.6 is 0 Å². The minimum absolute atomic E-state index is 0.189. The van der Waals surface area contributed by atoms with Gasteiger partial charge in [0.1, 0.15) is 18.5 Å². The van der Waals surface area contributed by atoms with E-state index in [-0.39, 0.29) is 18.3 Å². The molecule has 1 aromatic carbocycles. The fourth-order valence-corrected chi connectivity index (χ4v) is 3.51. The Bertz CT molecular complexity index is 805. The molecule has 6 nitrogen and oxygen atoms in total. The van der Waals surface area contributed by atoms with Gasteiger partial charge >= 0.3 is 5.97 Å². The van der Waals surface area contributed by atoms with E-state index in [1.165, 1.54) is 4.90 Å². The van der Waals surface area contributed by atoms with Gasteiger partial charge in [-0.3, -0.25) is 14.4 Å². The fourth-order valence-electron chi connectivity index (χ4n) is 3.51. The van der Waals surface area contributed by atoms with Crippen LogP contribution in [0.5, 0.6) is 0 Å². The average molecular weight is 380 g/mol. The summed E-state index contributed by atoms with van der Waals surface area (Å²) in [7, 11) is 0. The standard InChI is InChI=1S/C19H22F2N2O4/c1-19(2)16-13(6-5-12(17(16)21)10-3-4-10)23(18(19)27)9-14(24)22-8-11(20)7-15(25)26/h5-6,10-11H,3-4,7-9H2,1-2H3,(H,22,24)(H,25,26)/t11-/m0/s1. The van der Waals surface area contributed by atoms with Crippen molar-refractivity contribution in [2.24, 2.45) is 0 Å². The molecule has 1 fully saturated rings. The summed E-state index contributed by atoms with van der Waals surface area (Å²) in [5.41, 5.74) is 0.148. The number of carboxylic acids is 1. The highest BCUT2D eigenvalue weighted by Gasteiger charge is 2.47. The molecule has 27 heavy (non-hydrogen) atoms. The molecule has 0 saturated heterocycles. The van der Waals surface area contributed by atoms with E-state index in [9.17, 15) is 18.8 Å². The molecule has 0 spiro atoms. The van der Waals surface area contributed by atoms with Crippen molar-refractivity contribution in [2.45, 2.75) is 50.6 Å². The van der Waals surface area contributed by atoms with Crippen molar-refractivity contribution >= 4 is 23.5 Å². The zero-order chi connectivity index (χ0) is 19.9. The lowest BCUT2D eigenvalue weighted by Crippen LogP contribution is -2.44. The van der Waals surface area contributed by atoms with Crippen LogP contribution in [0.3, 0.4) is 0 Å². The summed E-state index contributed by atoms with van der Waals surface area (Å²) in [5, 5.41) is 10.8. The number of rotatable bonds is 7. The first-order chi connectivity index (χ1) is 12.6. The van der Waals surface area contributed by atoms with Gasteiger partial charge in [-0.05, 0) is 44.2 Å². The van der Waals surface area contributed by atoms with Crippen LogP contribution in [0.15, 0.2) is 12.1 Å². The molecular formula is C19H22F2N2O4. The summed E-state index contributed by atoms with van der Waals surface area (Å²) in [6.45, 7) is 2.40. The van der Waals surface area contributed by atoms with Crippen molar-refractivity contribution in [1.82, 2.24) is 5.32 Å². The molecule has 1 heterocycles. The molecule has 0 radical (unpaired) electrons. The molecule has 2 amide bonds. The highest BCUT2D eigenvalue weighted by Crippen LogP contribution is 2.48. The highest BCUT2D eigenvalue weighted by atomic mass is 19.1. The van der Waals surface area contributed by atoms with E-state index in [1.807, 2.05) is 0 Å². The largest absolute Gasteiger partial charge is 0.481 e. The number of carboxylic acid groups (broad SMARTS) is 1. The van der Waals surface area contributed by atoms with Crippen LogP contribution < -0.4 is 10.2 Å². The number of halogens is 2. The number of benzene rings is 1. The number of carbonyl (C=O) groups is 3. The van der Waals surface area contributed by atoms with Crippen LogP contribution in [0.1, 0.15) is 50.2 Å². The van der Waals surface area contributed by atoms with Crippen LogP contribution in [0.2, 0.25) is 0 Å². The van der Waals surface area contributed by atoms with Gasteiger partial charge in [-0.1, -0.05) is 6.07 Å². The van der Waals surface area contributed by atoms with Crippen molar-refractivity contribution in [2.75, 3.05) is 18.0 Å². The second kappa shape index (κ2) is 6.90. The molecule has 8 heteroatoms. The van der Waals surface area contributed by atoms with Gasteiger partial charge < -0.3 is 15.3 Å². The molecule has 0 aromatic heterocycles. The quantitative estimate of drug-likeness (QED) is 0.760. The second-order valence-corrected chi connectivity index (χ2v) is 7.65. The predicted octanol–water partition coefficient (Wildman–Crippen LogP) is 2.26. The van der Waals surface area contributed by atoms with E-state index in [2.05, 4.69) is 5.32 Å². The van der Waals surface area contributed by atoms with Gasteiger partial charge in [0.15, 0.2) is 0 Å². The molecule has 1 atom stereocenters. The lowest BCUT2D eigenvalue weighted by atomic mass is 9.84. The van der Waals surface area contributed by atoms with Gasteiger partial charge in [0.2, 0.25) is 11.8 Å². The summed E-state index contributed by atoms with van der Waals surface area (Å²) in [6.07, 6.45) is -0.579. The van der Waals surface area contributed by atoms with Crippen molar-refractivity contribution in [1.29, 1.82) is 0 Å². The molecule has 3 rings (SSSR count). The monoisotopic (exact) mass is 380 g/mol. The molecule has 0 unspecified atom stereocenters. The molecule has 146 valence electrons. The Morgan fingerprint density at radius 2 is 2.04 bits per heavy atom. The normalized spacial score (nSPS) is 19.0. The number of carbonyl (C=O) groups excluding carboxylic acids is 2. The molecule has 0 bridgehead atoms. The Labute approximate surface area is 155 Å². The molecule has 1 aliphatic heterocycles. The summed E-state index contributed by atoms with van der Waals surface area (Å²) in [5.74, 6) is -2.53. The molecule has 2 N–H and O–H groups in total. The summed E-state index contributed by atoms with van der Waals surface area (Å²) in [4.78, 5) is 36.6. The minimum Gasteiger partial charge on any atom is -0.481 e. The number of nitrogens with one attached hydrogen (secondary N) is 1. The van der Waals surface area contributed by atoms with E-state index in [4.69, 9.17) is 5.11 Å². The van der Waals surface area contributed by atoms with Crippen LogP contribution in [0.4, 0.5) is 14.5 Å². The maximum Gasteiger partial charge on any atom is 0.306 e. The first kappa shape index (κ1) is 19.3. The van der Waals surface area contributed by atoms with Crippen LogP contribution in [-0.2, 0) is 19.8 Å². The van der Waals surface area contributed by atoms with E-state index in [0.717, 1.165) is 12.8 Å². The number of nitrogens with zero attached hydrogens (tertiary/aromatic N) is 1. The topological polar surface area (TPSA) is 86.7 Å². The Balaban J connectivity index is 1.76. The zero-order valence-electron chi connectivity index (χ0n) is 15.2. The van der Waals surface area contributed by atoms with Gasteiger partial charge in [0.25, 0.3) is 0 Å². The van der Waals surface area contributed by atoms with E-state index < -0.39 is 42.3 Å². The Morgan fingerprint density at radius 1 is 1.37 bits per heavy atom. The first-order valence-electron chi connectivity index (χ1n) is 8.90. The third-order valence-corrected chi connectivity index (χ3v) is 5.08. The third kappa shape index (κ3) is 3.65. The first-order valence-corrected chi connectivity index (χ1v) is 8.90. The van der Waals surface area contributed by atoms with E-state index in [0.29, 0.717) is 16.8 Å². The van der Waals surface area contributed by atoms with Crippen molar-refractivity contribution < 1.29 is 28.3 Å². The highest BCUT2D eigenvalue weighted by molar-refractivity contribution is 6.10. The van der Waals surface area contributed by atoms with Gasteiger partial charge in [-0.25, -0.2) is 8.78 Å². The number of alkyl halides is 1. The summed E-state index contributed by atoms with van der Waals surface area (Å²) in [6, 6.07) is 3.32. The van der Waals surface area contributed by atoms with Gasteiger partial charge in [-0.15, -0.1) is 0 Å². The second-order valence-electron chi connectivity index (χ2n) is 7.65. The molecule has 1 aromatic rings. The number of anilines is 1. The smallest absolute Gasteiger partial charge is 0.306 e. The van der Waals surface area contributed by atoms with E-state index >= 15 is 4.39 Å². The summed E-state index contributed by atoms with van der Waals surface area (Å²) >= 11 is 0. The van der Waals surface area contributed by atoms with Gasteiger partial charge in [0.05, 0.1) is 17.5 Å². The number of aliphatic carboxylic acids is 1. The molecule has 1 saturated carbocycles. The maximum atomic E-state index is 15.0. The third-order valence-electron chi connectivity index (χ3n) is 5.08. The zero-order valence-corrected chi connectivity index (χ0v) is 15.2. The molecular weight excluding hydrogens is 358 g/mol. The molecule has 2 aliphatic rings. The lowest BCUT2D eigenvalue weighted by molar-refractivity contribution is -0.138. The minimum atomic E-state index is -1.72. The van der Waals surface area contributed by atoms with Crippen molar-refractivity contribution in [3.05, 3.63) is 29.1 Å². The Morgan fingerprint density at radius 3 is 2.63 bits per heavy atom. The van der Waals surface area contributed by atoms with Crippen LogP contribution in [-0.4, -0.2) is 42.2 Å².